The lowest BCUT2D eigenvalue weighted by molar-refractivity contribution is -0.384. The van der Waals surface area contributed by atoms with E-state index >= 15 is 0 Å². The molecule has 1 heterocycles. The lowest BCUT2D eigenvalue weighted by Crippen LogP contribution is -2.28. The number of nitro benzene ring substituents is 1. The van der Waals surface area contributed by atoms with E-state index in [4.69, 9.17) is 0 Å². The molecule has 0 unspecified atom stereocenters. The average Bonchev–Trinajstić information content (AvgIpc) is 2.30. The zero-order valence-corrected chi connectivity index (χ0v) is 9.19. The normalized spacial score (nSPS) is 17.2. The Morgan fingerprint density at radius 2 is 2.12 bits per heavy atom. The molecule has 0 aromatic heterocycles. The highest BCUT2D eigenvalue weighted by Crippen LogP contribution is 2.20. The van der Waals surface area contributed by atoms with Crippen molar-refractivity contribution >= 4 is 5.69 Å². The Morgan fingerprint density at radius 3 is 2.81 bits per heavy atom. The van der Waals surface area contributed by atoms with Crippen molar-refractivity contribution in [3.63, 3.8) is 0 Å². The van der Waals surface area contributed by atoms with Gasteiger partial charge in [-0.3, -0.25) is 10.1 Å². The minimum Gasteiger partial charge on any atom is -0.317 e. The topological polar surface area (TPSA) is 55.2 Å². The molecule has 0 amide bonds. The predicted molar refractivity (Wildman–Crippen MR) is 62.4 cm³/mol. The van der Waals surface area contributed by atoms with Crippen LogP contribution in [-0.4, -0.2) is 18.0 Å². The first-order chi connectivity index (χ1) is 7.75. The molecule has 4 nitrogen and oxygen atoms in total. The standard InChI is InChI=1S/C12H16N2O2/c15-14(16)12-3-1-2-11(9-12)8-10-4-6-13-7-5-10/h1-3,9-10,13H,4-8H2. The highest BCUT2D eigenvalue weighted by Gasteiger charge is 2.14. The van der Waals surface area contributed by atoms with Crippen molar-refractivity contribution in [2.24, 2.45) is 5.92 Å². The maximum atomic E-state index is 10.6. The second-order valence-corrected chi connectivity index (χ2v) is 4.32. The van der Waals surface area contributed by atoms with Crippen LogP contribution < -0.4 is 5.32 Å². The number of nitrogens with zero attached hydrogens (tertiary/aromatic N) is 1. The van der Waals surface area contributed by atoms with Crippen LogP contribution in [0.2, 0.25) is 0 Å². The Kier molecular flexibility index (Phi) is 3.51. The molecule has 1 aromatic carbocycles. The summed E-state index contributed by atoms with van der Waals surface area (Å²) in [5.74, 6) is 0.670. The summed E-state index contributed by atoms with van der Waals surface area (Å²) in [5, 5.41) is 14.0. The van der Waals surface area contributed by atoms with Gasteiger partial charge in [-0.05, 0) is 43.8 Å². The first kappa shape index (κ1) is 11.1. The van der Waals surface area contributed by atoms with Crippen LogP contribution in [0.5, 0.6) is 0 Å². The SMILES string of the molecule is O=[N+]([O-])c1cccc(CC2CCNCC2)c1. The lowest BCUT2D eigenvalue weighted by atomic mass is 9.91. The number of rotatable bonds is 3. The van der Waals surface area contributed by atoms with Gasteiger partial charge in [0.1, 0.15) is 0 Å². The van der Waals surface area contributed by atoms with Gasteiger partial charge in [-0.25, -0.2) is 0 Å². The Balaban J connectivity index is 2.02. The summed E-state index contributed by atoms with van der Waals surface area (Å²) < 4.78 is 0. The van der Waals surface area contributed by atoms with E-state index in [9.17, 15) is 10.1 Å². The zero-order chi connectivity index (χ0) is 11.4. The fourth-order valence-corrected chi connectivity index (χ4v) is 2.22. The third-order valence-corrected chi connectivity index (χ3v) is 3.10. The summed E-state index contributed by atoms with van der Waals surface area (Å²) in [6, 6.07) is 7.00. The summed E-state index contributed by atoms with van der Waals surface area (Å²) in [6.07, 6.45) is 3.30. The zero-order valence-electron chi connectivity index (χ0n) is 9.19. The van der Waals surface area contributed by atoms with E-state index < -0.39 is 0 Å². The van der Waals surface area contributed by atoms with Crippen LogP contribution in [0, 0.1) is 16.0 Å². The van der Waals surface area contributed by atoms with E-state index in [0.717, 1.165) is 25.1 Å². The Labute approximate surface area is 94.8 Å². The van der Waals surface area contributed by atoms with Crippen LogP contribution in [-0.2, 0) is 6.42 Å². The molecule has 1 saturated heterocycles. The molecule has 0 radical (unpaired) electrons. The van der Waals surface area contributed by atoms with Gasteiger partial charge in [0.05, 0.1) is 4.92 Å². The summed E-state index contributed by atoms with van der Waals surface area (Å²) in [4.78, 5) is 10.3. The molecule has 2 rings (SSSR count). The second kappa shape index (κ2) is 5.07. The van der Waals surface area contributed by atoms with Crippen LogP contribution in [0.4, 0.5) is 5.69 Å². The second-order valence-electron chi connectivity index (χ2n) is 4.32. The first-order valence-electron chi connectivity index (χ1n) is 5.70. The van der Waals surface area contributed by atoms with Crippen molar-refractivity contribution in [1.82, 2.24) is 5.32 Å². The maximum Gasteiger partial charge on any atom is 0.269 e. The Morgan fingerprint density at radius 1 is 1.38 bits per heavy atom. The number of nitro groups is 1. The number of nitrogens with one attached hydrogen (secondary N) is 1. The highest BCUT2D eigenvalue weighted by molar-refractivity contribution is 5.34. The summed E-state index contributed by atoms with van der Waals surface area (Å²) >= 11 is 0. The van der Waals surface area contributed by atoms with Gasteiger partial charge in [0.2, 0.25) is 0 Å². The molecule has 1 aliphatic heterocycles. The number of hydrogen-bond donors (Lipinski definition) is 1. The molecule has 0 bridgehead atoms. The third-order valence-electron chi connectivity index (χ3n) is 3.10. The van der Waals surface area contributed by atoms with Crippen molar-refractivity contribution < 1.29 is 4.92 Å². The van der Waals surface area contributed by atoms with Gasteiger partial charge in [-0.2, -0.15) is 0 Å². The van der Waals surface area contributed by atoms with E-state index in [1.807, 2.05) is 6.07 Å². The van der Waals surface area contributed by atoms with Gasteiger partial charge in [0, 0.05) is 12.1 Å². The molecular formula is C12H16N2O2. The molecule has 1 aromatic rings. The molecule has 1 fully saturated rings. The van der Waals surface area contributed by atoms with Crippen molar-refractivity contribution in [3.05, 3.63) is 39.9 Å². The van der Waals surface area contributed by atoms with Crippen LogP contribution in [0.3, 0.4) is 0 Å². The van der Waals surface area contributed by atoms with Gasteiger partial charge >= 0.3 is 0 Å². The van der Waals surface area contributed by atoms with Crippen molar-refractivity contribution in [3.8, 4) is 0 Å². The van der Waals surface area contributed by atoms with Gasteiger partial charge in [0.15, 0.2) is 0 Å². The van der Waals surface area contributed by atoms with Gasteiger partial charge in [0.25, 0.3) is 5.69 Å². The number of piperidine rings is 1. The molecule has 16 heavy (non-hydrogen) atoms. The van der Waals surface area contributed by atoms with E-state index in [2.05, 4.69) is 5.32 Å². The summed E-state index contributed by atoms with van der Waals surface area (Å²) in [5.41, 5.74) is 1.28. The number of non-ortho nitro benzene ring substituents is 1. The van der Waals surface area contributed by atoms with Gasteiger partial charge in [-0.1, -0.05) is 12.1 Å². The van der Waals surface area contributed by atoms with E-state index in [0.29, 0.717) is 5.92 Å². The lowest BCUT2D eigenvalue weighted by Gasteiger charge is -2.22. The Bertz CT molecular complexity index is 373. The highest BCUT2D eigenvalue weighted by atomic mass is 16.6. The molecule has 0 spiro atoms. The van der Waals surface area contributed by atoms with E-state index in [-0.39, 0.29) is 10.6 Å². The quantitative estimate of drug-likeness (QED) is 0.627. The molecule has 0 aliphatic carbocycles. The van der Waals surface area contributed by atoms with Gasteiger partial charge in [-0.15, -0.1) is 0 Å². The Hall–Kier alpha value is -1.42. The molecule has 0 atom stereocenters. The molecule has 1 aliphatic rings. The number of benzene rings is 1. The monoisotopic (exact) mass is 220 g/mol. The summed E-state index contributed by atoms with van der Waals surface area (Å²) in [6.45, 7) is 2.14. The average molecular weight is 220 g/mol. The van der Waals surface area contributed by atoms with E-state index in [1.54, 1.807) is 18.2 Å². The van der Waals surface area contributed by atoms with Crippen LogP contribution in [0.25, 0.3) is 0 Å². The molecular weight excluding hydrogens is 204 g/mol. The third kappa shape index (κ3) is 2.79. The minimum absolute atomic E-state index is 0.200. The molecule has 1 N–H and O–H groups in total. The largest absolute Gasteiger partial charge is 0.317 e. The first-order valence-corrected chi connectivity index (χ1v) is 5.70. The fraction of sp³-hybridized carbons (Fsp3) is 0.500. The minimum atomic E-state index is -0.327. The van der Waals surface area contributed by atoms with Crippen molar-refractivity contribution in [1.29, 1.82) is 0 Å². The predicted octanol–water partition coefficient (Wildman–Crippen LogP) is 2.14. The number of hydrogen-bond acceptors (Lipinski definition) is 3. The maximum absolute atomic E-state index is 10.6. The van der Waals surface area contributed by atoms with Crippen LogP contribution in [0.1, 0.15) is 18.4 Å². The molecule has 86 valence electrons. The van der Waals surface area contributed by atoms with Crippen molar-refractivity contribution in [2.75, 3.05) is 13.1 Å². The fourth-order valence-electron chi connectivity index (χ4n) is 2.22. The smallest absolute Gasteiger partial charge is 0.269 e. The molecule has 4 heteroatoms. The van der Waals surface area contributed by atoms with Crippen LogP contribution in [0.15, 0.2) is 24.3 Å². The molecule has 0 saturated carbocycles. The van der Waals surface area contributed by atoms with Crippen molar-refractivity contribution in [2.45, 2.75) is 19.3 Å². The van der Waals surface area contributed by atoms with Gasteiger partial charge < -0.3 is 5.32 Å². The summed E-state index contributed by atoms with van der Waals surface area (Å²) in [7, 11) is 0. The van der Waals surface area contributed by atoms with E-state index in [1.165, 1.54) is 12.8 Å². The van der Waals surface area contributed by atoms with Crippen LogP contribution >= 0.6 is 0 Å².